The molecule has 6 aliphatic rings. The number of fused-ring (bicyclic) bond motifs is 4. The maximum absolute atomic E-state index is 10.8. The second kappa shape index (κ2) is 10.3. The Morgan fingerprint density at radius 3 is 1.26 bits per heavy atom. The fraction of sp³-hybridized carbons (Fsp3) is 0.400. The molecule has 0 heterocycles. The molecule has 0 amide bonds. The van der Waals surface area contributed by atoms with Crippen molar-refractivity contribution >= 4 is 31.9 Å². The molecule has 236 valence electrons. The zero-order valence-electron chi connectivity index (χ0n) is 25.7. The summed E-state index contributed by atoms with van der Waals surface area (Å²) in [5.74, 6) is 3.55. The van der Waals surface area contributed by atoms with Gasteiger partial charge in [0.1, 0.15) is 23.0 Å². The molecule has 0 aliphatic heterocycles. The van der Waals surface area contributed by atoms with Crippen LogP contribution >= 0.6 is 31.9 Å². The number of halogens is 2. The van der Waals surface area contributed by atoms with Crippen molar-refractivity contribution in [3.05, 3.63) is 114 Å². The smallest absolute Gasteiger partial charge is 0.120 e. The maximum Gasteiger partial charge on any atom is 0.120 e. The highest BCUT2D eigenvalue weighted by Gasteiger charge is 2.62. The molecule has 0 radical (unpaired) electrons. The van der Waals surface area contributed by atoms with Crippen LogP contribution < -0.4 is 0 Å². The van der Waals surface area contributed by atoms with Crippen LogP contribution in [0.2, 0.25) is 0 Å². The number of rotatable bonds is 0. The van der Waals surface area contributed by atoms with Gasteiger partial charge < -0.3 is 20.4 Å². The fourth-order valence-corrected chi connectivity index (χ4v) is 12.8. The molecule has 4 atom stereocenters. The van der Waals surface area contributed by atoms with Gasteiger partial charge in [0.05, 0.1) is 0 Å². The predicted octanol–water partition coefficient (Wildman–Crippen LogP) is 9.35. The largest absolute Gasteiger partial charge is 0.508 e. The van der Waals surface area contributed by atoms with E-state index < -0.39 is 0 Å². The normalized spacial score (nSPS) is 30.5. The number of aromatic hydroxyl groups is 4. The van der Waals surface area contributed by atoms with Gasteiger partial charge in [-0.2, -0.15) is 0 Å². The molecule has 6 aliphatic carbocycles. The zero-order valence-corrected chi connectivity index (χ0v) is 28.9. The Labute approximate surface area is 286 Å². The maximum atomic E-state index is 10.8. The molecule has 6 heteroatoms. The van der Waals surface area contributed by atoms with Gasteiger partial charge in [0.25, 0.3) is 0 Å². The average Bonchev–Trinajstić information content (AvgIpc) is 3.78. The molecule has 2 saturated carbocycles. The van der Waals surface area contributed by atoms with E-state index in [2.05, 4.69) is 44.0 Å². The molecule has 0 saturated heterocycles. The summed E-state index contributed by atoms with van der Waals surface area (Å²) in [6.45, 7) is 0. The van der Waals surface area contributed by atoms with E-state index in [1.165, 1.54) is 47.9 Å². The Morgan fingerprint density at radius 1 is 0.457 bits per heavy atom. The first-order valence-corrected chi connectivity index (χ1v) is 18.5. The van der Waals surface area contributed by atoms with Crippen LogP contribution in [0, 0.1) is 23.7 Å². The Kier molecular flexibility index (Phi) is 6.52. The van der Waals surface area contributed by atoms with Crippen LogP contribution in [0.15, 0.2) is 69.6 Å². The molecule has 2 fully saturated rings. The Morgan fingerprint density at radius 2 is 0.826 bits per heavy atom. The van der Waals surface area contributed by atoms with Crippen molar-refractivity contribution in [3.63, 3.8) is 0 Å². The van der Waals surface area contributed by atoms with E-state index in [-0.39, 0.29) is 10.8 Å². The summed E-state index contributed by atoms with van der Waals surface area (Å²) < 4.78 is 2.17. The van der Waals surface area contributed by atoms with Gasteiger partial charge in [0.2, 0.25) is 0 Å². The highest BCUT2D eigenvalue weighted by atomic mass is 79.9. The van der Waals surface area contributed by atoms with Crippen molar-refractivity contribution in [2.45, 2.75) is 75.0 Å². The first-order valence-electron chi connectivity index (χ1n) is 16.9. The minimum Gasteiger partial charge on any atom is -0.508 e. The van der Waals surface area contributed by atoms with E-state index >= 15 is 0 Å². The van der Waals surface area contributed by atoms with Crippen LogP contribution in [0.25, 0.3) is 0 Å². The molecular weight excluding hydrogens is 704 g/mol. The van der Waals surface area contributed by atoms with Crippen LogP contribution in [-0.2, 0) is 36.5 Å². The monoisotopic (exact) mass is 740 g/mol. The summed E-state index contributed by atoms with van der Waals surface area (Å²) in [6, 6.07) is 19.4. The zero-order chi connectivity index (χ0) is 31.5. The van der Waals surface area contributed by atoms with E-state index in [4.69, 9.17) is 0 Å². The van der Waals surface area contributed by atoms with Crippen molar-refractivity contribution in [2.24, 2.45) is 23.7 Å². The van der Waals surface area contributed by atoms with Gasteiger partial charge in [-0.3, -0.25) is 0 Å². The fourth-order valence-electron chi connectivity index (χ4n) is 11.8. The quantitative estimate of drug-likeness (QED) is 0.145. The number of benzene rings is 4. The second-order valence-corrected chi connectivity index (χ2v) is 16.4. The lowest BCUT2D eigenvalue weighted by molar-refractivity contribution is 0.170. The van der Waals surface area contributed by atoms with E-state index in [1.54, 1.807) is 12.1 Å². The van der Waals surface area contributed by atoms with E-state index in [9.17, 15) is 20.4 Å². The predicted molar refractivity (Wildman–Crippen MR) is 186 cm³/mol. The molecule has 46 heavy (non-hydrogen) atoms. The number of hydrogen-bond donors (Lipinski definition) is 4. The van der Waals surface area contributed by atoms with Crippen molar-refractivity contribution in [3.8, 4) is 23.0 Å². The first-order chi connectivity index (χ1) is 22.3. The summed E-state index contributed by atoms with van der Waals surface area (Å²) in [4.78, 5) is 0. The lowest BCUT2D eigenvalue weighted by Crippen LogP contribution is -2.41. The third-order valence-corrected chi connectivity index (χ3v) is 14.5. The van der Waals surface area contributed by atoms with E-state index in [1.807, 2.05) is 36.4 Å². The summed E-state index contributed by atoms with van der Waals surface area (Å²) in [5, 5.41) is 42.9. The average molecular weight is 743 g/mol. The Bertz CT molecular complexity index is 1790. The number of phenols is 4. The second-order valence-electron chi connectivity index (χ2n) is 14.7. The lowest BCUT2D eigenvalue weighted by atomic mass is 9.59. The molecule has 0 bridgehead atoms. The van der Waals surface area contributed by atoms with Crippen LogP contribution in [0.1, 0.15) is 83.0 Å². The third kappa shape index (κ3) is 3.61. The van der Waals surface area contributed by atoms with Gasteiger partial charge >= 0.3 is 0 Å². The standard InChI is InChI=1S/C20H18Br2O2.C20H20O2/c21-14-4-6-16(23)18-12(14)8-10-2-1-3-11-9-13-15(22)5-7-17(24)19(13)20(10,11)18;21-16-8-1-4-12-10-14-6-3-7-15-11-13-5-2-9-17(22)19(13)20(14,15)18(12)16/h4-7,10-11,23-24H,1-3,8-9H2;1-2,4-5,8-9,14-15,21-22H,3,6-7,10-11H2/t10-,11-,20?;14-,15-,20?/m00/s1. The highest BCUT2D eigenvalue weighted by Crippen LogP contribution is 2.68. The van der Waals surface area contributed by atoms with Crippen LogP contribution in [-0.4, -0.2) is 20.4 Å². The number of phenolic OH excluding ortho intramolecular Hbond substituents is 4. The molecule has 0 unspecified atom stereocenters. The molecule has 4 aromatic carbocycles. The van der Waals surface area contributed by atoms with Gasteiger partial charge in [-0.15, -0.1) is 0 Å². The molecule has 10 rings (SSSR count). The van der Waals surface area contributed by atoms with Gasteiger partial charge in [-0.25, -0.2) is 0 Å². The van der Waals surface area contributed by atoms with E-state index in [0.29, 0.717) is 46.7 Å². The van der Waals surface area contributed by atoms with Crippen LogP contribution in [0.5, 0.6) is 23.0 Å². The van der Waals surface area contributed by atoms with E-state index in [0.717, 1.165) is 69.7 Å². The Hall–Kier alpha value is -2.96. The van der Waals surface area contributed by atoms with Gasteiger partial charge in [0.15, 0.2) is 0 Å². The summed E-state index contributed by atoms with van der Waals surface area (Å²) in [7, 11) is 0. The molecule has 0 aromatic heterocycles. The molecule has 4 aromatic rings. The molecular formula is C40H38Br2O4. The summed E-state index contributed by atoms with van der Waals surface area (Å²) >= 11 is 7.40. The first kappa shape index (κ1) is 29.2. The van der Waals surface area contributed by atoms with Crippen molar-refractivity contribution < 1.29 is 20.4 Å². The third-order valence-electron chi connectivity index (χ3n) is 13.0. The van der Waals surface area contributed by atoms with Crippen molar-refractivity contribution in [1.29, 1.82) is 0 Å². The summed E-state index contributed by atoms with van der Waals surface area (Å²) in [6.07, 6.45) is 11.2. The molecule has 4 nitrogen and oxygen atoms in total. The topological polar surface area (TPSA) is 80.9 Å². The minimum atomic E-state index is -0.232. The molecule has 2 spiro atoms. The van der Waals surface area contributed by atoms with Gasteiger partial charge in [-0.05, 0) is 134 Å². The lowest BCUT2D eigenvalue weighted by Gasteiger charge is -2.43. The number of hydrogen-bond acceptors (Lipinski definition) is 4. The highest BCUT2D eigenvalue weighted by molar-refractivity contribution is 9.10. The van der Waals surface area contributed by atoms with Gasteiger partial charge in [0, 0.05) is 42.0 Å². The minimum absolute atomic E-state index is 0.153. The van der Waals surface area contributed by atoms with Gasteiger partial charge in [-0.1, -0.05) is 69.0 Å². The van der Waals surface area contributed by atoms with Crippen molar-refractivity contribution in [1.82, 2.24) is 0 Å². The summed E-state index contributed by atoms with van der Waals surface area (Å²) in [5.41, 5.74) is 9.02. The van der Waals surface area contributed by atoms with Crippen LogP contribution in [0.4, 0.5) is 0 Å². The molecule has 4 N–H and O–H groups in total. The van der Waals surface area contributed by atoms with Crippen molar-refractivity contribution in [2.75, 3.05) is 0 Å². The van der Waals surface area contributed by atoms with Crippen LogP contribution in [0.3, 0.4) is 0 Å². The Balaban J connectivity index is 0.000000127. The SMILES string of the molecule is Oc1ccc(Br)c2c1C13c4c(O)ccc(Br)c4C[C@@H]1CCC[C@H]3C2.Oc1cccc2c1C13c4c(O)cccc4C[C@@H]1CCC[C@H]3C2.